The molecule has 31 heavy (non-hydrogen) atoms. The molecule has 1 aromatic carbocycles. The molecule has 7 heteroatoms. The number of anilines is 2. The van der Waals surface area contributed by atoms with Gasteiger partial charge in [-0.1, -0.05) is 18.9 Å². The van der Waals surface area contributed by atoms with Gasteiger partial charge in [0, 0.05) is 43.3 Å². The zero-order chi connectivity index (χ0) is 21.6. The predicted octanol–water partition coefficient (Wildman–Crippen LogP) is 2.87. The Morgan fingerprint density at radius 3 is 2.35 bits per heavy atom. The van der Waals surface area contributed by atoms with Crippen LogP contribution in [0.4, 0.5) is 11.4 Å². The first-order valence-corrected chi connectivity index (χ1v) is 11.8. The Hall–Kier alpha value is -2.41. The normalized spacial score (nSPS) is 21.2. The fourth-order valence-corrected chi connectivity index (χ4v) is 4.96. The molecule has 0 saturated carbocycles. The minimum atomic E-state index is -0.0535. The summed E-state index contributed by atoms with van der Waals surface area (Å²) in [6, 6.07) is 7.50. The smallest absolute Gasteiger partial charge is 0.238 e. The van der Waals surface area contributed by atoms with Crippen LogP contribution in [0.2, 0.25) is 0 Å². The second kappa shape index (κ2) is 10.3. The van der Waals surface area contributed by atoms with Crippen LogP contribution >= 0.6 is 0 Å². The van der Waals surface area contributed by atoms with E-state index in [-0.39, 0.29) is 17.7 Å². The number of nitrogens with one attached hydrogen (secondary N) is 1. The number of hydrogen-bond donors (Lipinski definition) is 1. The summed E-state index contributed by atoms with van der Waals surface area (Å²) in [5.41, 5.74) is 1.56. The Bertz CT molecular complexity index is 796. The standard InChI is InChI=1S/C24H34N4O3/c29-22(25-20-7-5-8-21(17-20)28-14-6-9-23(28)30)18-26-15-10-19(11-16-26)24(31)27-12-3-1-2-4-13-27/h5,7-8,17,19H,1-4,6,9-16,18H2,(H,25,29). The maximum Gasteiger partial charge on any atom is 0.238 e. The molecule has 3 heterocycles. The van der Waals surface area contributed by atoms with Crippen molar-refractivity contribution in [1.82, 2.24) is 9.80 Å². The lowest BCUT2D eigenvalue weighted by atomic mass is 9.95. The molecule has 3 saturated heterocycles. The maximum atomic E-state index is 12.8. The van der Waals surface area contributed by atoms with E-state index in [4.69, 9.17) is 0 Å². The number of hydrogen-bond acceptors (Lipinski definition) is 4. The molecule has 3 fully saturated rings. The SMILES string of the molecule is O=C(CN1CCC(C(=O)N2CCCCCC2)CC1)Nc1cccc(N2CCCC2=O)c1. The highest BCUT2D eigenvalue weighted by Gasteiger charge is 2.29. The molecule has 1 aromatic rings. The minimum absolute atomic E-state index is 0.0535. The fourth-order valence-electron chi connectivity index (χ4n) is 4.96. The first kappa shape index (κ1) is 21.8. The molecule has 1 N–H and O–H groups in total. The van der Waals surface area contributed by atoms with Crippen LogP contribution in [0.15, 0.2) is 24.3 Å². The van der Waals surface area contributed by atoms with Crippen molar-refractivity contribution in [1.29, 1.82) is 0 Å². The van der Waals surface area contributed by atoms with Crippen molar-refractivity contribution < 1.29 is 14.4 Å². The number of amides is 3. The van der Waals surface area contributed by atoms with Gasteiger partial charge in [0.1, 0.15) is 0 Å². The van der Waals surface area contributed by atoms with Gasteiger partial charge in [0.05, 0.1) is 6.54 Å². The lowest BCUT2D eigenvalue weighted by molar-refractivity contribution is -0.137. The van der Waals surface area contributed by atoms with Gasteiger partial charge in [0.2, 0.25) is 17.7 Å². The monoisotopic (exact) mass is 426 g/mol. The number of nitrogens with zero attached hydrogens (tertiary/aromatic N) is 3. The van der Waals surface area contributed by atoms with Gasteiger partial charge in [0.25, 0.3) is 0 Å². The summed E-state index contributed by atoms with van der Waals surface area (Å²) in [6.45, 7) is 4.44. The molecule has 0 atom stereocenters. The largest absolute Gasteiger partial charge is 0.342 e. The first-order valence-electron chi connectivity index (χ1n) is 11.8. The minimum Gasteiger partial charge on any atom is -0.342 e. The molecular formula is C24H34N4O3. The van der Waals surface area contributed by atoms with Crippen molar-refractivity contribution in [2.75, 3.05) is 49.5 Å². The van der Waals surface area contributed by atoms with E-state index in [1.54, 1.807) is 4.90 Å². The van der Waals surface area contributed by atoms with Crippen LogP contribution in [-0.4, -0.2) is 66.8 Å². The van der Waals surface area contributed by atoms with Crippen LogP contribution in [0.3, 0.4) is 0 Å². The summed E-state index contributed by atoms with van der Waals surface area (Å²) >= 11 is 0. The van der Waals surface area contributed by atoms with E-state index >= 15 is 0 Å². The van der Waals surface area contributed by atoms with E-state index in [1.807, 2.05) is 24.3 Å². The molecule has 4 rings (SSSR count). The van der Waals surface area contributed by atoms with Crippen molar-refractivity contribution in [2.45, 2.75) is 51.4 Å². The van der Waals surface area contributed by atoms with Crippen molar-refractivity contribution in [2.24, 2.45) is 5.92 Å². The second-order valence-electron chi connectivity index (χ2n) is 9.04. The van der Waals surface area contributed by atoms with Crippen molar-refractivity contribution in [3.05, 3.63) is 24.3 Å². The average molecular weight is 427 g/mol. The number of piperidine rings is 1. The highest BCUT2D eigenvalue weighted by molar-refractivity contribution is 5.97. The van der Waals surface area contributed by atoms with E-state index in [0.717, 1.165) is 70.5 Å². The second-order valence-corrected chi connectivity index (χ2v) is 9.04. The average Bonchev–Trinajstić information content (AvgIpc) is 3.03. The molecule has 168 valence electrons. The Balaban J connectivity index is 1.24. The number of carbonyl (C=O) groups excluding carboxylic acids is 3. The van der Waals surface area contributed by atoms with Gasteiger partial charge >= 0.3 is 0 Å². The Labute approximate surface area is 184 Å². The number of rotatable bonds is 5. The Morgan fingerprint density at radius 2 is 1.68 bits per heavy atom. The molecule has 0 unspecified atom stereocenters. The third kappa shape index (κ3) is 5.64. The summed E-state index contributed by atoms with van der Waals surface area (Å²) in [5.74, 6) is 0.509. The number of benzene rings is 1. The van der Waals surface area contributed by atoms with Gasteiger partial charge in [0.15, 0.2) is 0 Å². The van der Waals surface area contributed by atoms with Crippen LogP contribution in [-0.2, 0) is 14.4 Å². The van der Waals surface area contributed by atoms with Crippen molar-refractivity contribution in [3.63, 3.8) is 0 Å². The third-order valence-corrected chi connectivity index (χ3v) is 6.74. The topological polar surface area (TPSA) is 73.0 Å². The Morgan fingerprint density at radius 1 is 0.935 bits per heavy atom. The molecule has 3 amide bonds. The molecule has 0 radical (unpaired) electrons. The molecule has 0 bridgehead atoms. The zero-order valence-corrected chi connectivity index (χ0v) is 18.4. The fraction of sp³-hybridized carbons (Fsp3) is 0.625. The van der Waals surface area contributed by atoms with Crippen LogP contribution < -0.4 is 10.2 Å². The first-order chi connectivity index (χ1) is 15.1. The van der Waals surface area contributed by atoms with E-state index in [0.29, 0.717) is 24.6 Å². The van der Waals surface area contributed by atoms with E-state index < -0.39 is 0 Å². The molecule has 3 aliphatic heterocycles. The highest BCUT2D eigenvalue weighted by Crippen LogP contribution is 2.25. The lowest BCUT2D eigenvalue weighted by Gasteiger charge is -2.33. The van der Waals surface area contributed by atoms with Gasteiger partial charge in [-0.05, 0) is 63.4 Å². The van der Waals surface area contributed by atoms with Gasteiger partial charge in [-0.3, -0.25) is 19.3 Å². The van der Waals surface area contributed by atoms with E-state index in [1.165, 1.54) is 12.8 Å². The summed E-state index contributed by atoms with van der Waals surface area (Å²) in [4.78, 5) is 43.4. The molecule has 0 aromatic heterocycles. The highest BCUT2D eigenvalue weighted by atomic mass is 16.2. The third-order valence-electron chi connectivity index (χ3n) is 6.74. The molecule has 0 aliphatic carbocycles. The van der Waals surface area contributed by atoms with Gasteiger partial charge in [-0.15, -0.1) is 0 Å². The number of likely N-dealkylation sites (tertiary alicyclic amines) is 2. The Kier molecular flexibility index (Phi) is 7.22. The van der Waals surface area contributed by atoms with E-state index in [2.05, 4.69) is 15.1 Å². The molecular weight excluding hydrogens is 392 g/mol. The predicted molar refractivity (Wildman–Crippen MR) is 121 cm³/mol. The molecule has 3 aliphatic rings. The van der Waals surface area contributed by atoms with Crippen LogP contribution in [0.5, 0.6) is 0 Å². The van der Waals surface area contributed by atoms with Gasteiger partial charge in [-0.25, -0.2) is 0 Å². The summed E-state index contributed by atoms with van der Waals surface area (Å²) < 4.78 is 0. The summed E-state index contributed by atoms with van der Waals surface area (Å²) in [6.07, 6.45) is 7.84. The summed E-state index contributed by atoms with van der Waals surface area (Å²) in [5, 5.41) is 2.97. The van der Waals surface area contributed by atoms with Crippen molar-refractivity contribution in [3.8, 4) is 0 Å². The van der Waals surface area contributed by atoms with Gasteiger partial charge in [-0.2, -0.15) is 0 Å². The van der Waals surface area contributed by atoms with Crippen LogP contribution in [0.25, 0.3) is 0 Å². The van der Waals surface area contributed by atoms with Crippen molar-refractivity contribution >= 4 is 29.1 Å². The van der Waals surface area contributed by atoms with Crippen LogP contribution in [0.1, 0.15) is 51.4 Å². The molecule has 0 spiro atoms. The van der Waals surface area contributed by atoms with Gasteiger partial charge < -0.3 is 15.1 Å². The number of carbonyl (C=O) groups is 3. The van der Waals surface area contributed by atoms with Crippen LogP contribution in [0, 0.1) is 5.92 Å². The van der Waals surface area contributed by atoms with E-state index in [9.17, 15) is 14.4 Å². The quantitative estimate of drug-likeness (QED) is 0.786. The lowest BCUT2D eigenvalue weighted by Crippen LogP contribution is -2.44. The summed E-state index contributed by atoms with van der Waals surface area (Å²) in [7, 11) is 0. The zero-order valence-electron chi connectivity index (χ0n) is 18.4. The molecule has 7 nitrogen and oxygen atoms in total. The maximum absolute atomic E-state index is 12.8.